The first kappa shape index (κ1) is 21.1. The van der Waals surface area contributed by atoms with E-state index in [1.165, 1.54) is 37.1 Å². The first-order valence-electron chi connectivity index (χ1n) is 9.60. The van der Waals surface area contributed by atoms with Crippen LogP contribution in [0.25, 0.3) is 0 Å². The first-order chi connectivity index (χ1) is 14.6. The van der Waals surface area contributed by atoms with Crippen LogP contribution in [0.4, 0.5) is 4.39 Å². The van der Waals surface area contributed by atoms with Gasteiger partial charge in [0.25, 0.3) is 5.91 Å². The number of nitrogens with one attached hydrogen (secondary N) is 2. The van der Waals surface area contributed by atoms with Gasteiger partial charge < -0.3 is 20.1 Å². The second-order valence-electron chi connectivity index (χ2n) is 6.80. The van der Waals surface area contributed by atoms with Gasteiger partial charge in [0.2, 0.25) is 0 Å². The molecule has 7 heteroatoms. The van der Waals surface area contributed by atoms with Crippen LogP contribution in [0.5, 0.6) is 17.2 Å². The van der Waals surface area contributed by atoms with Crippen LogP contribution >= 0.6 is 0 Å². The third-order valence-corrected chi connectivity index (χ3v) is 4.36. The van der Waals surface area contributed by atoms with Crippen LogP contribution in [0.2, 0.25) is 0 Å². The molecular weight excluding hydrogens is 387 g/mol. The predicted octanol–water partition coefficient (Wildman–Crippen LogP) is 3.95. The van der Waals surface area contributed by atoms with Gasteiger partial charge in [0.15, 0.2) is 0 Å². The van der Waals surface area contributed by atoms with E-state index in [0.29, 0.717) is 24.6 Å². The maximum absolute atomic E-state index is 13.8. The number of allylic oxidation sites excluding steroid dienone is 2. The summed E-state index contributed by atoms with van der Waals surface area (Å²) in [5.74, 6) is 0.871. The van der Waals surface area contributed by atoms with Crippen molar-refractivity contribution < 1.29 is 23.5 Å². The molecule has 1 saturated carbocycles. The molecule has 2 aromatic carbocycles. The van der Waals surface area contributed by atoms with Crippen LogP contribution < -0.4 is 20.1 Å². The summed E-state index contributed by atoms with van der Waals surface area (Å²) in [6.07, 6.45) is 7.21. The maximum atomic E-state index is 13.8. The molecule has 0 unspecified atom stereocenters. The minimum atomic E-state index is -0.609. The van der Waals surface area contributed by atoms with Gasteiger partial charge in [0.05, 0.1) is 12.2 Å². The molecule has 1 aliphatic carbocycles. The van der Waals surface area contributed by atoms with E-state index >= 15 is 0 Å². The van der Waals surface area contributed by atoms with Crippen LogP contribution in [-0.2, 0) is 4.79 Å². The summed E-state index contributed by atoms with van der Waals surface area (Å²) in [5, 5.41) is 5.32. The van der Waals surface area contributed by atoms with Crippen molar-refractivity contribution in [1.29, 1.82) is 0 Å². The molecule has 1 aliphatic rings. The summed E-state index contributed by atoms with van der Waals surface area (Å²) >= 11 is 0. The Morgan fingerprint density at radius 1 is 1.17 bits per heavy atom. The van der Waals surface area contributed by atoms with Crippen LogP contribution in [0, 0.1) is 11.7 Å². The fourth-order valence-electron chi connectivity index (χ4n) is 2.58. The van der Waals surface area contributed by atoms with E-state index in [4.69, 9.17) is 9.47 Å². The molecule has 3 rings (SSSR count). The summed E-state index contributed by atoms with van der Waals surface area (Å²) in [4.78, 5) is 23.5. The Bertz CT molecular complexity index is 950. The Hall–Kier alpha value is -3.61. The highest BCUT2D eigenvalue weighted by Crippen LogP contribution is 2.31. The SMILES string of the molecule is CN/C=C\C(=C/C=O)NC(=O)c1cc(F)ccc1Oc1ccc(OCC2CC2)cc1. The third-order valence-electron chi connectivity index (χ3n) is 4.36. The van der Waals surface area contributed by atoms with Crippen LogP contribution in [0.3, 0.4) is 0 Å². The molecule has 0 radical (unpaired) electrons. The van der Waals surface area contributed by atoms with Gasteiger partial charge in [-0.1, -0.05) is 0 Å². The molecule has 0 spiro atoms. The van der Waals surface area contributed by atoms with E-state index in [9.17, 15) is 14.0 Å². The number of aldehydes is 1. The number of carbonyl (C=O) groups is 2. The molecular formula is C23H23FN2O4. The van der Waals surface area contributed by atoms with Gasteiger partial charge in [0.1, 0.15) is 29.4 Å². The molecule has 1 fully saturated rings. The van der Waals surface area contributed by atoms with E-state index in [1.54, 1.807) is 37.5 Å². The number of rotatable bonds is 10. The molecule has 2 N–H and O–H groups in total. The predicted molar refractivity (Wildman–Crippen MR) is 111 cm³/mol. The Morgan fingerprint density at radius 3 is 2.57 bits per heavy atom. The molecule has 1 amide bonds. The highest BCUT2D eigenvalue weighted by Gasteiger charge is 2.22. The second-order valence-corrected chi connectivity index (χ2v) is 6.80. The maximum Gasteiger partial charge on any atom is 0.259 e. The number of halogens is 1. The lowest BCUT2D eigenvalue weighted by Gasteiger charge is -2.13. The minimum Gasteiger partial charge on any atom is -0.493 e. The smallest absolute Gasteiger partial charge is 0.259 e. The average molecular weight is 410 g/mol. The van der Waals surface area contributed by atoms with Gasteiger partial charge in [-0.3, -0.25) is 9.59 Å². The summed E-state index contributed by atoms with van der Waals surface area (Å²) in [7, 11) is 1.68. The standard InChI is InChI=1S/C23H23FN2O4/c1-25-12-10-18(11-13-27)26-23(28)21-14-17(24)4-9-22(21)30-20-7-5-19(6-8-20)29-15-16-2-3-16/h4-14,16,25H,2-3,15H2,1H3,(H,26,28)/b12-10-,18-11+. The molecule has 156 valence electrons. The first-order valence-corrected chi connectivity index (χ1v) is 9.60. The molecule has 0 atom stereocenters. The number of carbonyl (C=O) groups excluding carboxylic acids is 2. The quantitative estimate of drug-likeness (QED) is 0.352. The van der Waals surface area contributed by atoms with E-state index in [1.807, 2.05) is 0 Å². The van der Waals surface area contributed by atoms with Crippen molar-refractivity contribution in [3.8, 4) is 17.2 Å². The van der Waals surface area contributed by atoms with Crippen molar-refractivity contribution in [1.82, 2.24) is 10.6 Å². The minimum absolute atomic E-state index is 0.00119. The molecule has 0 aromatic heterocycles. The summed E-state index contributed by atoms with van der Waals surface area (Å²) in [6, 6.07) is 10.7. The van der Waals surface area contributed by atoms with Crippen molar-refractivity contribution in [2.45, 2.75) is 12.8 Å². The van der Waals surface area contributed by atoms with Crippen molar-refractivity contribution in [2.24, 2.45) is 5.92 Å². The summed E-state index contributed by atoms with van der Waals surface area (Å²) in [5.41, 5.74) is 0.246. The number of ether oxygens (including phenoxy) is 2. The molecule has 0 saturated heterocycles. The zero-order chi connectivity index (χ0) is 21.3. The van der Waals surface area contributed by atoms with Gasteiger partial charge in [-0.15, -0.1) is 0 Å². The normalized spacial score (nSPS) is 13.7. The zero-order valence-electron chi connectivity index (χ0n) is 16.6. The number of amides is 1. The highest BCUT2D eigenvalue weighted by molar-refractivity contribution is 5.98. The highest BCUT2D eigenvalue weighted by atomic mass is 19.1. The van der Waals surface area contributed by atoms with Gasteiger partial charge in [0, 0.05) is 18.8 Å². The largest absolute Gasteiger partial charge is 0.493 e. The molecule has 30 heavy (non-hydrogen) atoms. The number of hydrogen-bond donors (Lipinski definition) is 2. The van der Waals surface area contributed by atoms with E-state index in [2.05, 4.69) is 10.6 Å². The van der Waals surface area contributed by atoms with E-state index in [-0.39, 0.29) is 17.0 Å². The van der Waals surface area contributed by atoms with Crippen molar-refractivity contribution in [3.63, 3.8) is 0 Å². The Labute approximate surface area is 174 Å². The lowest BCUT2D eigenvalue weighted by Crippen LogP contribution is -2.23. The second kappa shape index (κ2) is 10.2. The van der Waals surface area contributed by atoms with Crippen LogP contribution in [0.1, 0.15) is 23.2 Å². The molecule has 6 nitrogen and oxygen atoms in total. The molecule has 2 aromatic rings. The Balaban J connectivity index is 1.73. The average Bonchev–Trinajstić information content (AvgIpc) is 3.57. The monoisotopic (exact) mass is 410 g/mol. The topological polar surface area (TPSA) is 76.7 Å². The fraction of sp³-hybridized carbons (Fsp3) is 0.217. The van der Waals surface area contributed by atoms with Crippen LogP contribution in [0.15, 0.2) is 66.5 Å². The summed E-state index contributed by atoms with van der Waals surface area (Å²) < 4.78 is 25.3. The van der Waals surface area contributed by atoms with Gasteiger partial charge in [-0.25, -0.2) is 4.39 Å². The Kier molecular flexibility index (Phi) is 7.21. The van der Waals surface area contributed by atoms with Crippen molar-refractivity contribution >= 4 is 12.2 Å². The third kappa shape index (κ3) is 6.20. The van der Waals surface area contributed by atoms with Crippen LogP contribution in [-0.4, -0.2) is 25.8 Å². The lowest BCUT2D eigenvalue weighted by molar-refractivity contribution is -0.104. The number of benzene rings is 2. The summed E-state index contributed by atoms with van der Waals surface area (Å²) in [6.45, 7) is 0.709. The zero-order valence-corrected chi connectivity index (χ0v) is 16.6. The van der Waals surface area contributed by atoms with Crippen molar-refractivity contribution in [3.05, 3.63) is 77.9 Å². The Morgan fingerprint density at radius 2 is 1.90 bits per heavy atom. The van der Waals surface area contributed by atoms with E-state index < -0.39 is 11.7 Å². The molecule has 0 bridgehead atoms. The lowest BCUT2D eigenvalue weighted by atomic mass is 10.1. The van der Waals surface area contributed by atoms with Gasteiger partial charge in [-0.05, 0) is 73.5 Å². The fourth-order valence-corrected chi connectivity index (χ4v) is 2.58. The molecule has 0 aliphatic heterocycles. The van der Waals surface area contributed by atoms with Gasteiger partial charge >= 0.3 is 0 Å². The van der Waals surface area contributed by atoms with E-state index in [0.717, 1.165) is 11.8 Å². The number of hydrogen-bond acceptors (Lipinski definition) is 5. The van der Waals surface area contributed by atoms with Crippen molar-refractivity contribution in [2.75, 3.05) is 13.7 Å². The molecule has 0 heterocycles. The van der Waals surface area contributed by atoms with Gasteiger partial charge in [-0.2, -0.15) is 0 Å².